The van der Waals surface area contributed by atoms with Crippen molar-refractivity contribution in [3.05, 3.63) is 59.8 Å². The Bertz CT molecular complexity index is 1010. The number of rotatable bonds is 8. The molecule has 156 valence electrons. The predicted octanol–water partition coefficient (Wildman–Crippen LogP) is 3.97. The molecule has 2 aromatic carbocycles. The first-order chi connectivity index (χ1) is 14.7. The SMILES string of the molecule is CC1CCC(COc2ccccc2C#N)CN1CCNCc1noc2ccccc12. The van der Waals surface area contributed by atoms with Crippen LogP contribution in [0, 0.1) is 17.2 Å². The van der Waals surface area contributed by atoms with Crippen LogP contribution in [0.4, 0.5) is 0 Å². The van der Waals surface area contributed by atoms with E-state index in [0.717, 1.165) is 42.7 Å². The summed E-state index contributed by atoms with van der Waals surface area (Å²) in [4.78, 5) is 2.53. The number of piperidine rings is 1. The van der Waals surface area contributed by atoms with E-state index >= 15 is 0 Å². The van der Waals surface area contributed by atoms with Gasteiger partial charge in [0.25, 0.3) is 0 Å². The maximum absolute atomic E-state index is 9.22. The van der Waals surface area contributed by atoms with Gasteiger partial charge in [0.15, 0.2) is 5.58 Å². The van der Waals surface area contributed by atoms with Crippen molar-refractivity contribution in [1.29, 1.82) is 5.26 Å². The zero-order valence-corrected chi connectivity index (χ0v) is 17.4. The van der Waals surface area contributed by atoms with Crippen LogP contribution in [-0.2, 0) is 6.54 Å². The largest absolute Gasteiger partial charge is 0.492 e. The van der Waals surface area contributed by atoms with E-state index in [0.29, 0.717) is 36.4 Å². The third-order valence-electron chi connectivity index (χ3n) is 5.91. The molecule has 2 atom stereocenters. The van der Waals surface area contributed by atoms with Crippen molar-refractivity contribution >= 4 is 11.0 Å². The van der Waals surface area contributed by atoms with Gasteiger partial charge in [-0.1, -0.05) is 29.4 Å². The second kappa shape index (κ2) is 9.75. The summed E-state index contributed by atoms with van der Waals surface area (Å²) in [6.07, 6.45) is 2.33. The number of fused-ring (bicyclic) bond motifs is 1. The standard InChI is InChI=1S/C24H28N4O2/c1-18-10-11-19(17-29-23-8-4-2-6-20(23)14-25)16-28(18)13-12-26-15-22-21-7-3-5-9-24(21)30-27-22/h2-9,18-19,26H,10-13,15-17H2,1H3. The Balaban J connectivity index is 1.24. The summed E-state index contributed by atoms with van der Waals surface area (Å²) in [6, 6.07) is 18.2. The molecule has 4 rings (SSSR count). The highest BCUT2D eigenvalue weighted by Gasteiger charge is 2.25. The van der Waals surface area contributed by atoms with Crippen LogP contribution in [0.2, 0.25) is 0 Å². The lowest BCUT2D eigenvalue weighted by molar-refractivity contribution is 0.0901. The second-order valence-electron chi connectivity index (χ2n) is 8.01. The lowest BCUT2D eigenvalue weighted by Crippen LogP contribution is -2.46. The van der Waals surface area contributed by atoms with Gasteiger partial charge >= 0.3 is 0 Å². The van der Waals surface area contributed by atoms with Gasteiger partial charge in [-0.25, -0.2) is 0 Å². The molecule has 1 aliphatic heterocycles. The van der Waals surface area contributed by atoms with Crippen LogP contribution in [-0.4, -0.2) is 42.3 Å². The molecule has 0 bridgehead atoms. The zero-order valence-electron chi connectivity index (χ0n) is 17.4. The smallest absolute Gasteiger partial charge is 0.167 e. The van der Waals surface area contributed by atoms with Crippen LogP contribution in [0.3, 0.4) is 0 Å². The molecule has 1 saturated heterocycles. The number of nitriles is 1. The number of hydrogen-bond acceptors (Lipinski definition) is 6. The van der Waals surface area contributed by atoms with E-state index in [4.69, 9.17) is 9.26 Å². The minimum Gasteiger partial charge on any atom is -0.492 e. The van der Waals surface area contributed by atoms with Gasteiger partial charge < -0.3 is 14.6 Å². The lowest BCUT2D eigenvalue weighted by atomic mass is 9.94. The Morgan fingerprint density at radius 3 is 2.93 bits per heavy atom. The molecule has 1 aromatic heterocycles. The van der Waals surface area contributed by atoms with E-state index in [2.05, 4.69) is 28.4 Å². The predicted molar refractivity (Wildman–Crippen MR) is 116 cm³/mol. The van der Waals surface area contributed by atoms with Crippen molar-refractivity contribution < 1.29 is 9.26 Å². The van der Waals surface area contributed by atoms with Gasteiger partial charge in [0, 0.05) is 43.5 Å². The number of nitrogens with zero attached hydrogens (tertiary/aromatic N) is 3. The Labute approximate surface area is 177 Å². The lowest BCUT2D eigenvalue weighted by Gasteiger charge is -2.38. The first-order valence-corrected chi connectivity index (χ1v) is 10.6. The molecule has 1 N–H and O–H groups in total. The van der Waals surface area contributed by atoms with Crippen molar-refractivity contribution in [2.45, 2.75) is 32.4 Å². The number of hydrogen-bond donors (Lipinski definition) is 1. The fourth-order valence-electron chi connectivity index (χ4n) is 4.10. The molecular weight excluding hydrogens is 376 g/mol. The van der Waals surface area contributed by atoms with Crippen LogP contribution in [0.15, 0.2) is 53.1 Å². The van der Waals surface area contributed by atoms with Gasteiger partial charge in [-0.15, -0.1) is 0 Å². The molecule has 0 aliphatic carbocycles. The third-order valence-corrected chi connectivity index (χ3v) is 5.91. The van der Waals surface area contributed by atoms with E-state index in [9.17, 15) is 5.26 Å². The van der Waals surface area contributed by atoms with Gasteiger partial charge in [-0.05, 0) is 44.0 Å². The fraction of sp³-hybridized carbons (Fsp3) is 0.417. The quantitative estimate of drug-likeness (QED) is 0.573. The molecule has 0 radical (unpaired) electrons. The molecule has 6 nitrogen and oxygen atoms in total. The molecule has 2 unspecified atom stereocenters. The molecule has 1 fully saturated rings. The van der Waals surface area contributed by atoms with Crippen LogP contribution >= 0.6 is 0 Å². The number of nitrogens with one attached hydrogen (secondary N) is 1. The minimum atomic E-state index is 0.479. The first-order valence-electron chi connectivity index (χ1n) is 10.6. The minimum absolute atomic E-state index is 0.479. The van der Waals surface area contributed by atoms with Crippen LogP contribution in [0.1, 0.15) is 31.0 Å². The topological polar surface area (TPSA) is 74.3 Å². The summed E-state index contributed by atoms with van der Waals surface area (Å²) in [5, 5.41) is 18.0. The van der Waals surface area contributed by atoms with E-state index < -0.39 is 0 Å². The summed E-state index contributed by atoms with van der Waals surface area (Å²) >= 11 is 0. The monoisotopic (exact) mass is 404 g/mol. The normalized spacial score (nSPS) is 19.6. The highest BCUT2D eigenvalue weighted by atomic mass is 16.5. The van der Waals surface area contributed by atoms with Gasteiger partial charge in [-0.2, -0.15) is 5.26 Å². The molecule has 1 aliphatic rings. The molecule has 2 heterocycles. The number of para-hydroxylation sites is 2. The van der Waals surface area contributed by atoms with Crippen LogP contribution in [0.25, 0.3) is 11.0 Å². The van der Waals surface area contributed by atoms with Crippen molar-refractivity contribution in [3.8, 4) is 11.8 Å². The van der Waals surface area contributed by atoms with Crippen LogP contribution in [0.5, 0.6) is 5.75 Å². The summed E-state index contributed by atoms with van der Waals surface area (Å²) in [5.41, 5.74) is 2.39. The fourth-order valence-corrected chi connectivity index (χ4v) is 4.10. The van der Waals surface area contributed by atoms with E-state index in [1.165, 1.54) is 6.42 Å². The van der Waals surface area contributed by atoms with Crippen molar-refractivity contribution in [3.63, 3.8) is 0 Å². The van der Waals surface area contributed by atoms with Crippen molar-refractivity contribution in [2.75, 3.05) is 26.2 Å². The van der Waals surface area contributed by atoms with Crippen molar-refractivity contribution in [1.82, 2.24) is 15.4 Å². The molecule has 0 saturated carbocycles. The first kappa shape index (κ1) is 20.4. The average Bonchev–Trinajstić information content (AvgIpc) is 3.20. The molecule has 0 amide bonds. The Kier molecular flexibility index (Phi) is 6.63. The third kappa shape index (κ3) is 4.81. The molecule has 3 aromatic rings. The van der Waals surface area contributed by atoms with Crippen LogP contribution < -0.4 is 10.1 Å². The van der Waals surface area contributed by atoms with Gasteiger partial charge in [0.1, 0.15) is 17.5 Å². The van der Waals surface area contributed by atoms with Gasteiger partial charge in [0.2, 0.25) is 0 Å². The molecular formula is C24H28N4O2. The second-order valence-corrected chi connectivity index (χ2v) is 8.01. The highest BCUT2D eigenvalue weighted by Crippen LogP contribution is 2.24. The summed E-state index contributed by atoms with van der Waals surface area (Å²) in [6.45, 7) is 6.56. The van der Waals surface area contributed by atoms with Gasteiger partial charge in [0.05, 0.1) is 12.2 Å². The molecule has 30 heavy (non-hydrogen) atoms. The Morgan fingerprint density at radius 2 is 2.03 bits per heavy atom. The number of benzene rings is 2. The molecule has 0 spiro atoms. The average molecular weight is 405 g/mol. The van der Waals surface area contributed by atoms with E-state index in [-0.39, 0.29) is 0 Å². The number of aromatic nitrogens is 1. The summed E-state index contributed by atoms with van der Waals surface area (Å²) in [7, 11) is 0. The zero-order chi connectivity index (χ0) is 20.8. The summed E-state index contributed by atoms with van der Waals surface area (Å²) < 4.78 is 11.4. The summed E-state index contributed by atoms with van der Waals surface area (Å²) in [5.74, 6) is 1.17. The van der Waals surface area contributed by atoms with E-state index in [1.54, 1.807) is 6.07 Å². The number of likely N-dealkylation sites (tertiary alicyclic amines) is 1. The molecule has 6 heteroatoms. The maximum Gasteiger partial charge on any atom is 0.167 e. The highest BCUT2D eigenvalue weighted by molar-refractivity contribution is 5.79. The Morgan fingerprint density at radius 1 is 1.20 bits per heavy atom. The van der Waals surface area contributed by atoms with Crippen molar-refractivity contribution in [2.24, 2.45) is 5.92 Å². The van der Waals surface area contributed by atoms with Gasteiger partial charge in [-0.3, -0.25) is 4.90 Å². The van der Waals surface area contributed by atoms with E-state index in [1.807, 2.05) is 42.5 Å². The Hall–Kier alpha value is -2.88. The maximum atomic E-state index is 9.22. The number of ether oxygens (including phenoxy) is 1.